The normalized spacial score (nSPS) is 13.6. The molecule has 0 fully saturated rings. The molecule has 19 heavy (non-hydrogen) atoms. The first kappa shape index (κ1) is 15.0. The van der Waals surface area contributed by atoms with Gasteiger partial charge in [0.25, 0.3) is 0 Å². The lowest BCUT2D eigenvalue weighted by atomic mass is 10.2. The molecule has 1 aromatic rings. The number of carbonyl (C=O) groups is 2. The van der Waals surface area contributed by atoms with Gasteiger partial charge in [0.15, 0.2) is 0 Å². The number of carbonyl (C=O) groups excluding carboxylic acids is 1. The minimum absolute atomic E-state index is 0.0385. The Kier molecular flexibility index (Phi) is 5.84. The number of rotatable bonds is 7. The van der Waals surface area contributed by atoms with Crippen LogP contribution in [0.25, 0.3) is 0 Å². The van der Waals surface area contributed by atoms with Gasteiger partial charge in [-0.25, -0.2) is 9.78 Å². The van der Waals surface area contributed by atoms with Gasteiger partial charge in [-0.05, 0) is 19.8 Å². The van der Waals surface area contributed by atoms with Crippen molar-refractivity contribution in [2.24, 2.45) is 0 Å². The zero-order chi connectivity index (χ0) is 14.3. The zero-order valence-electron chi connectivity index (χ0n) is 11.1. The third kappa shape index (κ3) is 5.41. The van der Waals surface area contributed by atoms with Crippen LogP contribution in [0.5, 0.6) is 0 Å². The van der Waals surface area contributed by atoms with Gasteiger partial charge in [-0.1, -0.05) is 6.92 Å². The fourth-order valence-corrected chi connectivity index (χ4v) is 1.67. The van der Waals surface area contributed by atoms with Gasteiger partial charge in [-0.2, -0.15) is 0 Å². The molecule has 0 bridgehead atoms. The summed E-state index contributed by atoms with van der Waals surface area (Å²) in [6.07, 6.45) is 4.49. The molecular weight excluding hydrogens is 248 g/mol. The van der Waals surface area contributed by atoms with E-state index in [2.05, 4.69) is 20.6 Å². The predicted molar refractivity (Wildman–Crippen MR) is 69.6 cm³/mol. The highest BCUT2D eigenvalue weighted by Gasteiger charge is 2.16. The second-order valence-electron chi connectivity index (χ2n) is 4.39. The number of aromatic amines is 1. The molecule has 1 rings (SSSR count). The van der Waals surface area contributed by atoms with E-state index in [-0.39, 0.29) is 24.5 Å². The van der Waals surface area contributed by atoms with Gasteiger partial charge >= 0.3 is 12.0 Å². The molecule has 7 heteroatoms. The number of imidazole rings is 1. The molecule has 0 saturated heterocycles. The van der Waals surface area contributed by atoms with Crippen LogP contribution in [0.15, 0.2) is 12.4 Å². The molecule has 0 saturated carbocycles. The first-order valence-electron chi connectivity index (χ1n) is 6.31. The molecule has 7 nitrogen and oxygen atoms in total. The van der Waals surface area contributed by atoms with Crippen molar-refractivity contribution in [1.29, 1.82) is 0 Å². The lowest BCUT2D eigenvalue weighted by Gasteiger charge is -2.18. The monoisotopic (exact) mass is 268 g/mol. The van der Waals surface area contributed by atoms with Crippen LogP contribution in [0.4, 0.5) is 4.79 Å². The van der Waals surface area contributed by atoms with Crippen LogP contribution in [0.1, 0.15) is 45.0 Å². The summed E-state index contributed by atoms with van der Waals surface area (Å²) in [5, 5.41) is 14.1. The minimum atomic E-state index is -0.865. The van der Waals surface area contributed by atoms with Crippen molar-refractivity contribution in [1.82, 2.24) is 20.6 Å². The zero-order valence-corrected chi connectivity index (χ0v) is 11.1. The average Bonchev–Trinajstić information content (AvgIpc) is 2.87. The van der Waals surface area contributed by atoms with E-state index in [1.807, 2.05) is 6.92 Å². The summed E-state index contributed by atoms with van der Waals surface area (Å²) in [5.41, 5.74) is 0. The maximum absolute atomic E-state index is 11.8. The number of aliphatic carboxylic acids is 1. The first-order chi connectivity index (χ1) is 9.02. The Labute approximate surface area is 111 Å². The van der Waals surface area contributed by atoms with E-state index in [1.54, 1.807) is 19.3 Å². The summed E-state index contributed by atoms with van der Waals surface area (Å²) in [4.78, 5) is 29.2. The van der Waals surface area contributed by atoms with Gasteiger partial charge in [0.05, 0.1) is 6.04 Å². The van der Waals surface area contributed by atoms with Crippen LogP contribution in [0, 0.1) is 0 Å². The number of urea groups is 1. The number of aromatic nitrogens is 2. The average molecular weight is 268 g/mol. The Morgan fingerprint density at radius 1 is 1.47 bits per heavy atom. The van der Waals surface area contributed by atoms with Crippen molar-refractivity contribution in [2.45, 2.75) is 45.2 Å². The number of nitrogens with one attached hydrogen (secondary N) is 3. The maximum atomic E-state index is 11.8. The number of H-pyrrole nitrogens is 1. The molecule has 2 atom stereocenters. The summed E-state index contributed by atoms with van der Waals surface area (Å²) in [5.74, 6) is -0.160. The summed E-state index contributed by atoms with van der Waals surface area (Å²) < 4.78 is 0. The predicted octanol–water partition coefficient (Wildman–Crippen LogP) is 1.41. The highest BCUT2D eigenvalue weighted by Crippen LogP contribution is 2.10. The highest BCUT2D eigenvalue weighted by atomic mass is 16.4. The molecule has 0 aliphatic heterocycles. The Balaban J connectivity index is 2.39. The van der Waals surface area contributed by atoms with Crippen LogP contribution >= 0.6 is 0 Å². The van der Waals surface area contributed by atoms with Crippen LogP contribution in [0.3, 0.4) is 0 Å². The SMILES string of the molecule is CCC(NC(=O)NC(C)CCC(=O)O)c1ncc[nH]1. The molecule has 1 aromatic heterocycles. The van der Waals surface area contributed by atoms with Crippen molar-refractivity contribution in [3.8, 4) is 0 Å². The number of hydrogen-bond acceptors (Lipinski definition) is 3. The van der Waals surface area contributed by atoms with Crippen LogP contribution in [-0.4, -0.2) is 33.1 Å². The number of amides is 2. The summed E-state index contributed by atoms with van der Waals surface area (Å²) in [6, 6.07) is -0.687. The van der Waals surface area contributed by atoms with Crippen LogP contribution < -0.4 is 10.6 Å². The van der Waals surface area contributed by atoms with E-state index in [0.29, 0.717) is 18.7 Å². The second-order valence-corrected chi connectivity index (χ2v) is 4.39. The highest BCUT2D eigenvalue weighted by molar-refractivity contribution is 5.74. The maximum Gasteiger partial charge on any atom is 0.315 e. The van der Waals surface area contributed by atoms with Gasteiger partial charge in [-0.3, -0.25) is 4.79 Å². The van der Waals surface area contributed by atoms with Gasteiger partial charge in [-0.15, -0.1) is 0 Å². The molecule has 0 aliphatic carbocycles. The van der Waals surface area contributed by atoms with Gasteiger partial charge < -0.3 is 20.7 Å². The minimum Gasteiger partial charge on any atom is -0.481 e. The van der Waals surface area contributed by atoms with E-state index in [4.69, 9.17) is 5.11 Å². The molecule has 0 aromatic carbocycles. The van der Waals surface area contributed by atoms with Crippen LogP contribution in [-0.2, 0) is 4.79 Å². The fraction of sp³-hybridized carbons (Fsp3) is 0.583. The van der Waals surface area contributed by atoms with Gasteiger partial charge in [0.2, 0.25) is 0 Å². The molecule has 4 N–H and O–H groups in total. The number of carboxylic acids is 1. The van der Waals surface area contributed by atoms with Crippen molar-refractivity contribution in [3.05, 3.63) is 18.2 Å². The van der Waals surface area contributed by atoms with Crippen molar-refractivity contribution >= 4 is 12.0 Å². The van der Waals surface area contributed by atoms with Crippen molar-refractivity contribution in [3.63, 3.8) is 0 Å². The Morgan fingerprint density at radius 3 is 2.74 bits per heavy atom. The van der Waals surface area contributed by atoms with E-state index in [0.717, 1.165) is 0 Å². The quantitative estimate of drug-likeness (QED) is 0.599. The Bertz CT molecular complexity index is 405. The van der Waals surface area contributed by atoms with Crippen molar-refractivity contribution in [2.75, 3.05) is 0 Å². The van der Waals surface area contributed by atoms with E-state index >= 15 is 0 Å². The molecule has 0 spiro atoms. The van der Waals surface area contributed by atoms with Gasteiger partial charge in [0.1, 0.15) is 5.82 Å². The lowest BCUT2D eigenvalue weighted by Crippen LogP contribution is -2.42. The largest absolute Gasteiger partial charge is 0.481 e. The number of hydrogen-bond donors (Lipinski definition) is 4. The summed E-state index contributed by atoms with van der Waals surface area (Å²) in [7, 11) is 0. The number of nitrogens with zero attached hydrogens (tertiary/aromatic N) is 1. The number of carboxylic acid groups (broad SMARTS) is 1. The molecule has 2 unspecified atom stereocenters. The molecule has 0 radical (unpaired) electrons. The Hall–Kier alpha value is -2.05. The third-order valence-electron chi connectivity index (χ3n) is 2.73. The summed E-state index contributed by atoms with van der Waals surface area (Å²) in [6.45, 7) is 3.72. The molecule has 106 valence electrons. The second kappa shape index (κ2) is 7.40. The van der Waals surface area contributed by atoms with Gasteiger partial charge in [0, 0.05) is 24.9 Å². The smallest absolute Gasteiger partial charge is 0.315 e. The molecular formula is C12H20N4O3. The van der Waals surface area contributed by atoms with Crippen molar-refractivity contribution < 1.29 is 14.7 Å². The first-order valence-corrected chi connectivity index (χ1v) is 6.31. The fourth-order valence-electron chi connectivity index (χ4n) is 1.67. The topological polar surface area (TPSA) is 107 Å². The molecule has 2 amide bonds. The van der Waals surface area contributed by atoms with E-state index in [1.165, 1.54) is 0 Å². The van der Waals surface area contributed by atoms with Crippen LogP contribution in [0.2, 0.25) is 0 Å². The van der Waals surface area contributed by atoms with E-state index < -0.39 is 5.97 Å². The standard InChI is InChI=1S/C12H20N4O3/c1-3-9(11-13-6-7-14-11)16-12(19)15-8(2)4-5-10(17)18/h6-9H,3-5H2,1-2H3,(H,13,14)(H,17,18)(H2,15,16,19). The van der Waals surface area contributed by atoms with E-state index in [9.17, 15) is 9.59 Å². The molecule has 1 heterocycles. The molecule has 0 aliphatic rings. The summed E-state index contributed by atoms with van der Waals surface area (Å²) >= 11 is 0. The Morgan fingerprint density at radius 2 is 2.21 bits per heavy atom. The third-order valence-corrected chi connectivity index (χ3v) is 2.73. The lowest BCUT2D eigenvalue weighted by molar-refractivity contribution is -0.137.